The highest BCUT2D eigenvalue weighted by Crippen LogP contribution is 2.18. The van der Waals surface area contributed by atoms with Gasteiger partial charge in [-0.2, -0.15) is 0 Å². The van der Waals surface area contributed by atoms with Gasteiger partial charge in [-0.1, -0.05) is 12.1 Å². The summed E-state index contributed by atoms with van der Waals surface area (Å²) in [7, 11) is 4.72. The molecule has 0 spiro atoms. The first-order valence-electron chi connectivity index (χ1n) is 8.89. The largest absolute Gasteiger partial charge is 0.497 e. The second kappa shape index (κ2) is 10.2. The van der Waals surface area contributed by atoms with E-state index in [0.29, 0.717) is 11.5 Å². The number of carbonyl (C=O) groups excluding carboxylic acids is 2. The van der Waals surface area contributed by atoms with Crippen molar-refractivity contribution in [2.75, 3.05) is 27.9 Å². The van der Waals surface area contributed by atoms with Gasteiger partial charge < -0.3 is 24.4 Å². The second-order valence-corrected chi connectivity index (χ2v) is 6.12. The smallest absolute Gasteiger partial charge is 0.261 e. The SMILES string of the molecule is CNC(=O)C(C)N(Cc1ccc(OC)cc1)C(=O)COc1ccc(OC)cc1. The number of ether oxygens (including phenoxy) is 3. The number of hydrogen-bond donors (Lipinski definition) is 1. The monoisotopic (exact) mass is 386 g/mol. The number of rotatable bonds is 9. The maximum atomic E-state index is 12.8. The van der Waals surface area contributed by atoms with Crippen LogP contribution in [0.4, 0.5) is 0 Å². The molecule has 0 saturated carbocycles. The van der Waals surface area contributed by atoms with Crippen LogP contribution in [0, 0.1) is 0 Å². The second-order valence-electron chi connectivity index (χ2n) is 6.12. The first-order valence-corrected chi connectivity index (χ1v) is 8.89. The molecule has 0 fully saturated rings. The van der Waals surface area contributed by atoms with Crippen LogP contribution in [0.15, 0.2) is 48.5 Å². The average molecular weight is 386 g/mol. The molecule has 1 N–H and O–H groups in total. The molecule has 2 aromatic carbocycles. The van der Waals surface area contributed by atoms with E-state index in [1.165, 1.54) is 4.90 Å². The lowest BCUT2D eigenvalue weighted by Crippen LogP contribution is -2.48. The third kappa shape index (κ3) is 5.64. The Labute approximate surface area is 165 Å². The van der Waals surface area contributed by atoms with E-state index in [9.17, 15) is 9.59 Å². The number of amides is 2. The highest BCUT2D eigenvalue weighted by Gasteiger charge is 2.25. The molecule has 1 unspecified atom stereocenters. The Morgan fingerprint density at radius 1 is 0.929 bits per heavy atom. The maximum absolute atomic E-state index is 12.8. The molecule has 0 saturated heterocycles. The molecule has 28 heavy (non-hydrogen) atoms. The van der Waals surface area contributed by atoms with E-state index in [0.717, 1.165) is 11.3 Å². The van der Waals surface area contributed by atoms with Crippen LogP contribution < -0.4 is 19.5 Å². The Morgan fingerprint density at radius 3 is 1.93 bits per heavy atom. The molecule has 150 valence electrons. The van der Waals surface area contributed by atoms with Crippen molar-refractivity contribution in [3.05, 3.63) is 54.1 Å². The predicted molar refractivity (Wildman–Crippen MR) is 106 cm³/mol. The predicted octanol–water partition coefficient (Wildman–Crippen LogP) is 2.25. The van der Waals surface area contributed by atoms with Gasteiger partial charge in [0.25, 0.3) is 5.91 Å². The molecule has 0 aromatic heterocycles. The van der Waals surface area contributed by atoms with Crippen molar-refractivity contribution in [3.63, 3.8) is 0 Å². The van der Waals surface area contributed by atoms with Gasteiger partial charge in [-0.15, -0.1) is 0 Å². The minimum atomic E-state index is -0.640. The molecule has 0 bridgehead atoms. The third-order valence-electron chi connectivity index (χ3n) is 4.35. The maximum Gasteiger partial charge on any atom is 0.261 e. The van der Waals surface area contributed by atoms with Crippen LogP contribution in [0.2, 0.25) is 0 Å². The van der Waals surface area contributed by atoms with Crippen molar-refractivity contribution >= 4 is 11.8 Å². The summed E-state index contributed by atoms with van der Waals surface area (Å²) >= 11 is 0. The summed E-state index contributed by atoms with van der Waals surface area (Å²) in [5.41, 5.74) is 0.884. The van der Waals surface area contributed by atoms with Crippen molar-refractivity contribution in [2.45, 2.75) is 19.5 Å². The van der Waals surface area contributed by atoms with Gasteiger partial charge in [-0.3, -0.25) is 9.59 Å². The number of benzene rings is 2. The lowest BCUT2D eigenvalue weighted by atomic mass is 10.1. The summed E-state index contributed by atoms with van der Waals surface area (Å²) in [5, 5.41) is 2.58. The Morgan fingerprint density at radius 2 is 1.43 bits per heavy atom. The number of nitrogens with one attached hydrogen (secondary N) is 1. The van der Waals surface area contributed by atoms with Crippen molar-refractivity contribution in [1.82, 2.24) is 10.2 Å². The number of hydrogen-bond acceptors (Lipinski definition) is 5. The van der Waals surface area contributed by atoms with Crippen LogP contribution in [-0.4, -0.2) is 50.6 Å². The zero-order valence-electron chi connectivity index (χ0n) is 16.6. The van der Waals surface area contributed by atoms with E-state index in [4.69, 9.17) is 14.2 Å². The number of nitrogens with zero attached hydrogens (tertiary/aromatic N) is 1. The highest BCUT2D eigenvalue weighted by atomic mass is 16.5. The molecule has 2 amide bonds. The minimum Gasteiger partial charge on any atom is -0.497 e. The summed E-state index contributed by atoms with van der Waals surface area (Å²) < 4.78 is 15.8. The number of likely N-dealkylation sites (N-methyl/N-ethyl adjacent to an activating group) is 1. The van der Waals surface area contributed by atoms with Crippen molar-refractivity contribution in [3.8, 4) is 17.2 Å². The van der Waals surface area contributed by atoms with Crippen molar-refractivity contribution in [2.24, 2.45) is 0 Å². The average Bonchev–Trinajstić information content (AvgIpc) is 2.75. The zero-order valence-corrected chi connectivity index (χ0v) is 16.6. The van der Waals surface area contributed by atoms with Crippen molar-refractivity contribution < 1.29 is 23.8 Å². The Hall–Kier alpha value is -3.22. The molecule has 0 aliphatic carbocycles. The van der Waals surface area contributed by atoms with Gasteiger partial charge in [0, 0.05) is 13.6 Å². The highest BCUT2D eigenvalue weighted by molar-refractivity contribution is 5.87. The zero-order chi connectivity index (χ0) is 20.5. The molecule has 0 aliphatic heterocycles. The Balaban J connectivity index is 2.09. The molecular formula is C21H26N2O5. The molecule has 2 aromatic rings. The van der Waals surface area contributed by atoms with Gasteiger partial charge in [-0.05, 0) is 48.9 Å². The fraction of sp³-hybridized carbons (Fsp3) is 0.333. The van der Waals surface area contributed by atoms with Crippen molar-refractivity contribution in [1.29, 1.82) is 0 Å². The fourth-order valence-corrected chi connectivity index (χ4v) is 2.62. The van der Waals surface area contributed by atoms with E-state index in [-0.39, 0.29) is 25.0 Å². The van der Waals surface area contributed by atoms with Gasteiger partial charge in [0.1, 0.15) is 23.3 Å². The van der Waals surface area contributed by atoms with E-state index in [1.807, 2.05) is 24.3 Å². The first kappa shape index (κ1) is 21.1. The van der Waals surface area contributed by atoms with Gasteiger partial charge in [0.15, 0.2) is 6.61 Å². The van der Waals surface area contributed by atoms with E-state index < -0.39 is 6.04 Å². The van der Waals surface area contributed by atoms with Crippen LogP contribution in [0.5, 0.6) is 17.2 Å². The van der Waals surface area contributed by atoms with E-state index >= 15 is 0 Å². The third-order valence-corrected chi connectivity index (χ3v) is 4.35. The summed E-state index contributed by atoms with van der Waals surface area (Å²) in [6.07, 6.45) is 0. The topological polar surface area (TPSA) is 77.1 Å². The lowest BCUT2D eigenvalue weighted by Gasteiger charge is -2.28. The number of methoxy groups -OCH3 is 2. The molecule has 0 heterocycles. The molecular weight excluding hydrogens is 360 g/mol. The van der Waals surface area contributed by atoms with E-state index in [1.54, 1.807) is 52.5 Å². The molecule has 2 rings (SSSR count). The van der Waals surface area contributed by atoms with Gasteiger partial charge in [0.2, 0.25) is 5.91 Å². The van der Waals surface area contributed by atoms with Crippen LogP contribution in [0.3, 0.4) is 0 Å². The lowest BCUT2D eigenvalue weighted by molar-refractivity contribution is -0.142. The molecule has 1 atom stereocenters. The Bertz CT molecular complexity index is 774. The van der Waals surface area contributed by atoms with E-state index in [2.05, 4.69) is 5.32 Å². The first-order chi connectivity index (χ1) is 13.5. The van der Waals surface area contributed by atoms with Gasteiger partial charge in [0.05, 0.1) is 14.2 Å². The normalized spacial score (nSPS) is 11.3. The molecule has 7 heteroatoms. The summed E-state index contributed by atoms with van der Waals surface area (Å²) in [6, 6.07) is 13.7. The summed E-state index contributed by atoms with van der Waals surface area (Å²) in [4.78, 5) is 26.4. The van der Waals surface area contributed by atoms with Crippen LogP contribution >= 0.6 is 0 Å². The molecule has 7 nitrogen and oxygen atoms in total. The van der Waals surface area contributed by atoms with Crippen LogP contribution in [0.25, 0.3) is 0 Å². The standard InChI is InChI=1S/C21H26N2O5/c1-15(21(25)22-2)23(13-16-5-7-17(26-3)8-6-16)20(24)14-28-19-11-9-18(27-4)10-12-19/h5-12,15H,13-14H2,1-4H3,(H,22,25). The molecule has 0 radical (unpaired) electrons. The summed E-state index contributed by atoms with van der Waals surface area (Å²) in [5.74, 6) is 1.44. The number of carbonyl (C=O) groups is 2. The Kier molecular flexibility index (Phi) is 7.68. The quantitative estimate of drug-likeness (QED) is 0.715. The van der Waals surface area contributed by atoms with Gasteiger partial charge >= 0.3 is 0 Å². The van der Waals surface area contributed by atoms with Crippen LogP contribution in [0.1, 0.15) is 12.5 Å². The van der Waals surface area contributed by atoms with Crippen LogP contribution in [-0.2, 0) is 16.1 Å². The molecule has 0 aliphatic rings. The minimum absolute atomic E-state index is 0.177. The van der Waals surface area contributed by atoms with Gasteiger partial charge in [-0.25, -0.2) is 0 Å². The fourth-order valence-electron chi connectivity index (χ4n) is 2.62. The summed E-state index contributed by atoms with van der Waals surface area (Å²) in [6.45, 7) is 1.79.